The van der Waals surface area contributed by atoms with Crippen LogP contribution in [0.4, 0.5) is 0 Å². The first kappa shape index (κ1) is 26.4. The van der Waals surface area contributed by atoms with E-state index in [0.717, 1.165) is 0 Å². The Bertz CT molecular complexity index is 1260. The zero-order valence-electron chi connectivity index (χ0n) is 19.5. The van der Waals surface area contributed by atoms with Gasteiger partial charge in [-0.15, -0.1) is 0 Å². The molecule has 0 aromatic heterocycles. The number of hydrazine groups is 1. The molecule has 190 valence electrons. The summed E-state index contributed by atoms with van der Waals surface area (Å²) in [6.45, 7) is 0. The van der Waals surface area contributed by atoms with Gasteiger partial charge in [0.1, 0.15) is 5.75 Å². The van der Waals surface area contributed by atoms with E-state index in [0.29, 0.717) is 5.75 Å². The molecule has 2 atom stereocenters. The third-order valence-electron chi connectivity index (χ3n) is 4.92. The van der Waals surface area contributed by atoms with Crippen LogP contribution in [0.15, 0.2) is 84.9 Å². The van der Waals surface area contributed by atoms with Crippen molar-refractivity contribution in [1.29, 1.82) is 0 Å². The van der Waals surface area contributed by atoms with Gasteiger partial charge in [-0.2, -0.15) is 0 Å². The fraction of sp³-hybridized carbons (Fsp3) is 0.115. The van der Waals surface area contributed by atoms with E-state index in [9.17, 15) is 29.1 Å². The summed E-state index contributed by atoms with van der Waals surface area (Å²) >= 11 is 0. The maximum Gasteiger partial charge on any atom is 0.349 e. The van der Waals surface area contributed by atoms with Gasteiger partial charge in [0, 0.05) is 5.56 Å². The van der Waals surface area contributed by atoms with E-state index in [1.54, 1.807) is 12.1 Å². The summed E-state index contributed by atoms with van der Waals surface area (Å²) in [5.41, 5.74) is 4.28. The van der Waals surface area contributed by atoms with Crippen LogP contribution in [0, 0.1) is 0 Å². The largest absolute Gasteiger partial charge is 0.497 e. The van der Waals surface area contributed by atoms with E-state index in [1.807, 2.05) is 5.43 Å². The molecule has 3 rings (SSSR count). The van der Waals surface area contributed by atoms with Gasteiger partial charge in [0.05, 0.1) is 18.2 Å². The van der Waals surface area contributed by atoms with Crippen LogP contribution in [0.1, 0.15) is 31.1 Å². The number of rotatable bonds is 9. The predicted octanol–water partition coefficient (Wildman–Crippen LogP) is 1.99. The van der Waals surface area contributed by atoms with Gasteiger partial charge < -0.3 is 19.3 Å². The Morgan fingerprint density at radius 3 is 1.59 bits per heavy atom. The Labute approximate surface area is 210 Å². The number of carboxylic acid groups (broad SMARTS) is 1. The predicted molar refractivity (Wildman–Crippen MR) is 128 cm³/mol. The Kier molecular flexibility index (Phi) is 8.92. The molecule has 11 heteroatoms. The molecule has 0 heterocycles. The quantitative estimate of drug-likeness (QED) is 0.292. The number of nitrogens with one attached hydrogen (secondary N) is 2. The second-order valence-electron chi connectivity index (χ2n) is 7.39. The van der Waals surface area contributed by atoms with E-state index >= 15 is 0 Å². The summed E-state index contributed by atoms with van der Waals surface area (Å²) in [4.78, 5) is 62.5. The number of carboxylic acids is 1. The summed E-state index contributed by atoms with van der Waals surface area (Å²) in [6, 6.07) is 20.8. The fourth-order valence-corrected chi connectivity index (χ4v) is 3.01. The molecule has 37 heavy (non-hydrogen) atoms. The Morgan fingerprint density at radius 2 is 1.14 bits per heavy atom. The van der Waals surface area contributed by atoms with E-state index in [2.05, 4.69) is 5.43 Å². The van der Waals surface area contributed by atoms with Crippen molar-refractivity contribution in [2.24, 2.45) is 0 Å². The summed E-state index contributed by atoms with van der Waals surface area (Å²) < 4.78 is 15.2. The van der Waals surface area contributed by atoms with Crippen molar-refractivity contribution in [2.75, 3.05) is 7.11 Å². The van der Waals surface area contributed by atoms with Crippen molar-refractivity contribution in [3.8, 4) is 5.75 Å². The molecular weight excluding hydrogens is 484 g/mol. The highest BCUT2D eigenvalue weighted by Gasteiger charge is 2.41. The van der Waals surface area contributed by atoms with Crippen LogP contribution in [-0.2, 0) is 19.1 Å². The number of aliphatic carboxylic acids is 1. The highest BCUT2D eigenvalue weighted by atomic mass is 16.6. The van der Waals surface area contributed by atoms with Gasteiger partial charge in [-0.1, -0.05) is 36.4 Å². The van der Waals surface area contributed by atoms with Gasteiger partial charge in [-0.05, 0) is 48.5 Å². The molecule has 0 saturated carbocycles. The lowest BCUT2D eigenvalue weighted by atomic mass is 10.1. The van der Waals surface area contributed by atoms with Crippen LogP contribution >= 0.6 is 0 Å². The molecule has 0 spiro atoms. The number of methoxy groups -OCH3 is 1. The van der Waals surface area contributed by atoms with E-state index in [1.165, 1.54) is 79.9 Å². The van der Waals surface area contributed by atoms with Crippen molar-refractivity contribution in [1.82, 2.24) is 10.9 Å². The molecule has 11 nitrogen and oxygen atoms in total. The minimum absolute atomic E-state index is 0.00935. The Morgan fingerprint density at radius 1 is 0.649 bits per heavy atom. The zero-order chi connectivity index (χ0) is 26.8. The zero-order valence-corrected chi connectivity index (χ0v) is 19.5. The van der Waals surface area contributed by atoms with Gasteiger partial charge >= 0.3 is 17.9 Å². The minimum Gasteiger partial charge on any atom is -0.497 e. The second-order valence-corrected chi connectivity index (χ2v) is 7.39. The van der Waals surface area contributed by atoms with Crippen LogP contribution in [0.3, 0.4) is 0 Å². The molecule has 3 aromatic carbocycles. The molecule has 0 aliphatic rings. The Hall–Kier alpha value is -5.19. The van der Waals surface area contributed by atoms with Gasteiger partial charge in [0.15, 0.2) is 0 Å². The second kappa shape index (κ2) is 12.5. The van der Waals surface area contributed by atoms with Crippen LogP contribution in [-0.4, -0.2) is 54.1 Å². The first-order valence-electron chi connectivity index (χ1n) is 10.8. The fourth-order valence-electron chi connectivity index (χ4n) is 3.01. The molecule has 0 fully saturated rings. The SMILES string of the molecule is COc1ccc(C(=O)NNC(=O)[C@@H](OC(=O)c2ccccc2)[C@@H](OC(=O)c2ccccc2)C(=O)O)cc1. The van der Waals surface area contributed by atoms with E-state index in [-0.39, 0.29) is 16.7 Å². The first-order chi connectivity index (χ1) is 17.8. The summed E-state index contributed by atoms with van der Waals surface area (Å²) in [6.07, 6.45) is -4.40. The molecule has 3 aromatic rings. The smallest absolute Gasteiger partial charge is 0.349 e. The number of esters is 2. The molecule has 0 aliphatic heterocycles. The lowest BCUT2D eigenvalue weighted by Gasteiger charge is -2.23. The minimum atomic E-state index is -2.24. The van der Waals surface area contributed by atoms with E-state index < -0.39 is 41.9 Å². The molecule has 0 saturated heterocycles. The Balaban J connectivity index is 1.81. The summed E-state index contributed by atoms with van der Waals surface area (Å²) in [5.74, 6) is -5.38. The number of hydrogen-bond acceptors (Lipinski definition) is 8. The molecule has 3 N–H and O–H groups in total. The molecule has 0 bridgehead atoms. The van der Waals surface area contributed by atoms with Gasteiger partial charge in [-0.25, -0.2) is 14.4 Å². The topological polar surface area (TPSA) is 157 Å². The molecule has 0 unspecified atom stereocenters. The van der Waals surface area contributed by atoms with Crippen molar-refractivity contribution in [3.05, 3.63) is 102 Å². The number of amides is 2. The molecule has 0 radical (unpaired) electrons. The van der Waals surface area contributed by atoms with Gasteiger partial charge in [-0.3, -0.25) is 20.4 Å². The lowest BCUT2D eigenvalue weighted by molar-refractivity contribution is -0.159. The van der Waals surface area contributed by atoms with Crippen molar-refractivity contribution < 1.29 is 43.3 Å². The maximum absolute atomic E-state index is 12.9. The molecular formula is C26H22N2O9. The third kappa shape index (κ3) is 7.15. The molecule has 0 aliphatic carbocycles. The molecule has 2 amide bonds. The van der Waals surface area contributed by atoms with Crippen molar-refractivity contribution in [2.45, 2.75) is 12.2 Å². The average molecular weight is 506 g/mol. The summed E-state index contributed by atoms with van der Waals surface area (Å²) in [5, 5.41) is 9.73. The van der Waals surface area contributed by atoms with Crippen LogP contribution in [0.5, 0.6) is 5.75 Å². The van der Waals surface area contributed by atoms with E-state index in [4.69, 9.17) is 14.2 Å². The number of carbonyl (C=O) groups excluding carboxylic acids is 4. The maximum atomic E-state index is 12.9. The van der Waals surface area contributed by atoms with Crippen LogP contribution < -0.4 is 15.6 Å². The van der Waals surface area contributed by atoms with Crippen LogP contribution in [0.2, 0.25) is 0 Å². The number of hydrogen-bond donors (Lipinski definition) is 3. The highest BCUT2D eigenvalue weighted by Crippen LogP contribution is 2.14. The highest BCUT2D eigenvalue weighted by molar-refractivity contribution is 5.99. The monoisotopic (exact) mass is 506 g/mol. The third-order valence-corrected chi connectivity index (χ3v) is 4.92. The van der Waals surface area contributed by atoms with Gasteiger partial charge in [0.25, 0.3) is 11.8 Å². The standard InChI is InChI=1S/C26H22N2O9/c1-35-19-14-12-16(13-15-19)22(29)27-28-23(30)20(36-25(33)17-8-4-2-5-9-17)21(24(31)32)37-26(34)18-10-6-3-7-11-18/h2-15,20-21H,1H3,(H,27,29)(H,28,30)(H,31,32)/t20-,21+/m0/s1. The van der Waals surface area contributed by atoms with Gasteiger partial charge in [0.2, 0.25) is 12.2 Å². The number of benzene rings is 3. The number of ether oxygens (including phenoxy) is 3. The van der Waals surface area contributed by atoms with Crippen LogP contribution in [0.25, 0.3) is 0 Å². The summed E-state index contributed by atoms with van der Waals surface area (Å²) in [7, 11) is 1.45. The average Bonchev–Trinajstić information content (AvgIpc) is 2.94. The lowest BCUT2D eigenvalue weighted by Crippen LogP contribution is -2.54. The number of carbonyl (C=O) groups is 5. The normalized spacial score (nSPS) is 11.8. The van der Waals surface area contributed by atoms with Crippen molar-refractivity contribution in [3.63, 3.8) is 0 Å². The first-order valence-corrected chi connectivity index (χ1v) is 10.8. The van der Waals surface area contributed by atoms with Crippen molar-refractivity contribution >= 4 is 29.7 Å².